The third-order valence-electron chi connectivity index (χ3n) is 2.00. The van der Waals surface area contributed by atoms with Crippen molar-refractivity contribution in [3.05, 3.63) is 22.9 Å². The van der Waals surface area contributed by atoms with Gasteiger partial charge in [0, 0.05) is 11.5 Å². The van der Waals surface area contributed by atoms with Crippen LogP contribution in [0.15, 0.2) is 22.9 Å². The van der Waals surface area contributed by atoms with Crippen LogP contribution in [0.2, 0.25) is 0 Å². The van der Waals surface area contributed by atoms with E-state index in [2.05, 4.69) is 20.9 Å². The number of rotatable bonds is 1. The van der Waals surface area contributed by atoms with E-state index in [1.54, 1.807) is 13.4 Å². The monoisotopic (exact) mass is 240 g/mol. The predicted octanol–water partition coefficient (Wildman–Crippen LogP) is 2.34. The van der Waals surface area contributed by atoms with Gasteiger partial charge in [-0.3, -0.25) is 0 Å². The van der Waals surface area contributed by atoms with Gasteiger partial charge < -0.3 is 9.30 Å². The number of benzene rings is 1. The fraction of sp³-hybridized carbons (Fsp3) is 0.222. The summed E-state index contributed by atoms with van der Waals surface area (Å²) in [5, 5.41) is 0. The second-order valence-electron chi connectivity index (χ2n) is 2.80. The second-order valence-corrected chi connectivity index (χ2v) is 3.66. The quantitative estimate of drug-likeness (QED) is 0.766. The van der Waals surface area contributed by atoms with Gasteiger partial charge in [0.15, 0.2) is 0 Å². The summed E-state index contributed by atoms with van der Waals surface area (Å²) in [4.78, 5) is 4.26. The minimum absolute atomic E-state index is 0.804. The van der Waals surface area contributed by atoms with Crippen molar-refractivity contribution in [3.8, 4) is 5.75 Å². The summed E-state index contributed by atoms with van der Waals surface area (Å²) in [6.07, 6.45) is 1.78. The van der Waals surface area contributed by atoms with Crippen molar-refractivity contribution < 1.29 is 4.74 Å². The molecule has 0 fully saturated rings. The zero-order valence-corrected chi connectivity index (χ0v) is 9.00. The molecule has 0 unspecified atom stereocenters. The highest BCUT2D eigenvalue weighted by molar-refractivity contribution is 9.10. The van der Waals surface area contributed by atoms with Crippen LogP contribution in [0.25, 0.3) is 11.0 Å². The molecule has 0 atom stereocenters. The van der Waals surface area contributed by atoms with Crippen LogP contribution in [-0.2, 0) is 7.05 Å². The maximum absolute atomic E-state index is 5.20. The number of imidazole rings is 1. The summed E-state index contributed by atoms with van der Waals surface area (Å²) in [6.45, 7) is 0. The number of ether oxygens (including phenoxy) is 1. The Kier molecular flexibility index (Phi) is 2.00. The summed E-state index contributed by atoms with van der Waals surface area (Å²) in [5.74, 6) is 0.804. The molecule has 0 bridgehead atoms. The van der Waals surface area contributed by atoms with E-state index in [0.29, 0.717) is 0 Å². The molecule has 2 aromatic rings. The highest BCUT2D eigenvalue weighted by Gasteiger charge is 2.08. The van der Waals surface area contributed by atoms with E-state index in [9.17, 15) is 0 Å². The third kappa shape index (κ3) is 1.21. The third-order valence-corrected chi connectivity index (χ3v) is 2.64. The molecule has 13 heavy (non-hydrogen) atoms. The average Bonchev–Trinajstić information content (AvgIpc) is 2.50. The number of fused-ring (bicyclic) bond motifs is 1. The molecule has 2 rings (SSSR count). The summed E-state index contributed by atoms with van der Waals surface area (Å²) < 4.78 is 8.19. The van der Waals surface area contributed by atoms with Gasteiger partial charge in [0.2, 0.25) is 0 Å². The molecule has 0 spiro atoms. The van der Waals surface area contributed by atoms with Crippen LogP contribution in [0, 0.1) is 0 Å². The maximum atomic E-state index is 5.20. The van der Waals surface area contributed by atoms with Crippen molar-refractivity contribution in [2.75, 3.05) is 7.11 Å². The Hall–Kier alpha value is -1.03. The van der Waals surface area contributed by atoms with Gasteiger partial charge in [0.25, 0.3) is 0 Å². The highest BCUT2D eigenvalue weighted by atomic mass is 79.9. The van der Waals surface area contributed by atoms with E-state index < -0.39 is 0 Å². The topological polar surface area (TPSA) is 27.1 Å². The lowest BCUT2D eigenvalue weighted by atomic mass is 10.3. The van der Waals surface area contributed by atoms with Crippen molar-refractivity contribution >= 4 is 27.0 Å². The molecule has 1 aromatic carbocycles. The predicted molar refractivity (Wildman–Crippen MR) is 55.0 cm³/mol. The Labute approximate surface area is 84.5 Å². The lowest BCUT2D eigenvalue weighted by Crippen LogP contribution is -1.88. The maximum Gasteiger partial charge on any atom is 0.146 e. The van der Waals surface area contributed by atoms with Crippen LogP contribution in [0.5, 0.6) is 5.75 Å². The Bertz CT molecular complexity index is 450. The highest BCUT2D eigenvalue weighted by Crippen LogP contribution is 2.29. The van der Waals surface area contributed by atoms with E-state index in [1.807, 2.05) is 23.7 Å². The number of aryl methyl sites for hydroxylation is 1. The molecule has 4 heteroatoms. The van der Waals surface area contributed by atoms with Gasteiger partial charge in [-0.1, -0.05) is 0 Å². The van der Waals surface area contributed by atoms with Gasteiger partial charge in [-0.2, -0.15) is 0 Å². The molecular formula is C9H9BrN2O. The molecular weight excluding hydrogens is 232 g/mol. The fourth-order valence-corrected chi connectivity index (χ4v) is 1.96. The van der Waals surface area contributed by atoms with Crippen molar-refractivity contribution in [1.29, 1.82) is 0 Å². The van der Waals surface area contributed by atoms with E-state index in [1.165, 1.54) is 0 Å². The molecule has 3 nitrogen and oxygen atoms in total. The number of aromatic nitrogens is 2. The number of hydrogen-bond acceptors (Lipinski definition) is 2. The first-order chi connectivity index (χ1) is 6.24. The molecule has 0 saturated carbocycles. The van der Waals surface area contributed by atoms with Gasteiger partial charge in [-0.15, -0.1) is 0 Å². The number of nitrogens with zero attached hydrogens (tertiary/aromatic N) is 2. The summed E-state index contributed by atoms with van der Waals surface area (Å²) >= 11 is 3.47. The van der Waals surface area contributed by atoms with E-state index >= 15 is 0 Å². The Morgan fingerprint density at radius 3 is 2.92 bits per heavy atom. The first-order valence-corrected chi connectivity index (χ1v) is 4.67. The van der Waals surface area contributed by atoms with Crippen LogP contribution in [-0.4, -0.2) is 16.7 Å². The molecule has 0 aliphatic rings. The van der Waals surface area contributed by atoms with Crippen LogP contribution in [0.3, 0.4) is 0 Å². The zero-order valence-electron chi connectivity index (χ0n) is 7.41. The summed E-state index contributed by atoms with van der Waals surface area (Å²) in [7, 11) is 3.61. The molecule has 1 aromatic heterocycles. The number of methoxy groups -OCH3 is 1. The number of hydrogen-bond donors (Lipinski definition) is 0. The Morgan fingerprint density at radius 1 is 1.46 bits per heavy atom. The largest absolute Gasteiger partial charge is 0.494 e. The van der Waals surface area contributed by atoms with Crippen LogP contribution in [0.1, 0.15) is 0 Å². The number of halogens is 1. The standard InChI is InChI=1S/C9H9BrN2O/c1-12-5-11-8-7(13-2)4-3-6(10)9(8)12/h3-5H,1-2H3. The van der Waals surface area contributed by atoms with Gasteiger partial charge >= 0.3 is 0 Å². The summed E-state index contributed by atoms with van der Waals surface area (Å²) in [6, 6.07) is 3.86. The van der Waals surface area contributed by atoms with Gasteiger partial charge in [0.1, 0.15) is 11.3 Å². The molecule has 0 radical (unpaired) electrons. The Balaban J connectivity index is 2.87. The molecule has 0 aliphatic heterocycles. The van der Waals surface area contributed by atoms with Crippen molar-refractivity contribution in [3.63, 3.8) is 0 Å². The van der Waals surface area contributed by atoms with E-state index in [4.69, 9.17) is 4.74 Å². The Morgan fingerprint density at radius 2 is 2.23 bits per heavy atom. The molecule has 68 valence electrons. The van der Waals surface area contributed by atoms with Crippen molar-refractivity contribution in [1.82, 2.24) is 9.55 Å². The minimum atomic E-state index is 0.804. The molecule has 0 N–H and O–H groups in total. The van der Waals surface area contributed by atoms with Crippen LogP contribution in [0.4, 0.5) is 0 Å². The van der Waals surface area contributed by atoms with Crippen LogP contribution < -0.4 is 4.74 Å². The smallest absolute Gasteiger partial charge is 0.146 e. The van der Waals surface area contributed by atoms with Gasteiger partial charge in [0.05, 0.1) is 19.0 Å². The second kappa shape index (κ2) is 3.03. The van der Waals surface area contributed by atoms with Crippen molar-refractivity contribution in [2.45, 2.75) is 0 Å². The SMILES string of the molecule is COc1ccc(Br)c2c1ncn2C. The lowest BCUT2D eigenvalue weighted by Gasteiger charge is -2.02. The van der Waals surface area contributed by atoms with Gasteiger partial charge in [-0.25, -0.2) is 4.98 Å². The first kappa shape index (κ1) is 8.56. The van der Waals surface area contributed by atoms with Crippen molar-refractivity contribution in [2.24, 2.45) is 7.05 Å². The molecule has 0 aliphatic carbocycles. The molecule has 0 amide bonds. The normalized spacial score (nSPS) is 10.7. The van der Waals surface area contributed by atoms with Crippen LogP contribution >= 0.6 is 15.9 Å². The molecule has 1 heterocycles. The fourth-order valence-electron chi connectivity index (χ4n) is 1.36. The average molecular weight is 241 g/mol. The minimum Gasteiger partial charge on any atom is -0.494 e. The van der Waals surface area contributed by atoms with E-state index in [0.717, 1.165) is 21.3 Å². The zero-order chi connectivity index (χ0) is 9.42. The lowest BCUT2D eigenvalue weighted by molar-refractivity contribution is 0.419. The van der Waals surface area contributed by atoms with Gasteiger partial charge in [-0.05, 0) is 28.1 Å². The molecule has 0 saturated heterocycles. The van der Waals surface area contributed by atoms with E-state index in [-0.39, 0.29) is 0 Å². The first-order valence-electron chi connectivity index (χ1n) is 3.87. The summed E-state index contributed by atoms with van der Waals surface area (Å²) in [5.41, 5.74) is 1.94.